The Balaban J connectivity index is 0.000000289. The van der Waals surface area contributed by atoms with Gasteiger partial charge in [0.15, 0.2) is 0 Å². The first-order valence-corrected chi connectivity index (χ1v) is 27.8. The zero-order valence-corrected chi connectivity index (χ0v) is 49.9. The number of halogens is 1. The molecule has 0 bridgehead atoms. The highest BCUT2D eigenvalue weighted by Crippen LogP contribution is 2.30. The number of nitrogen functional groups attached to an aromatic ring is 1. The molecule has 81 heavy (non-hydrogen) atoms. The van der Waals surface area contributed by atoms with Crippen molar-refractivity contribution in [2.75, 3.05) is 118 Å². The zero-order valence-electron chi connectivity index (χ0n) is 49.2. The van der Waals surface area contributed by atoms with E-state index < -0.39 is 0 Å². The summed E-state index contributed by atoms with van der Waals surface area (Å²) in [6.07, 6.45) is 10.6. The van der Waals surface area contributed by atoms with Crippen LogP contribution in [0.5, 0.6) is 23.0 Å². The number of rotatable bonds is 34. The molecule has 2 aromatic heterocycles. The molecular weight excluding hydrogens is 1040 g/mol. The first kappa shape index (κ1) is 66.4. The summed E-state index contributed by atoms with van der Waals surface area (Å²) in [5.74, 6) is 3.83. The molecule has 0 aliphatic heterocycles. The first-order chi connectivity index (χ1) is 39.3. The van der Waals surface area contributed by atoms with Crippen LogP contribution in [0.25, 0.3) is 22.5 Å². The molecule has 0 amide bonds. The van der Waals surface area contributed by atoms with Crippen molar-refractivity contribution < 1.29 is 28.4 Å². The minimum Gasteiger partial charge on any atom is -0.496 e. The Labute approximate surface area is 487 Å². The van der Waals surface area contributed by atoms with Gasteiger partial charge in [0.25, 0.3) is 0 Å². The molecule has 16 nitrogen and oxygen atoms in total. The summed E-state index contributed by atoms with van der Waals surface area (Å²) < 4.78 is 34.1. The van der Waals surface area contributed by atoms with Crippen molar-refractivity contribution in [3.63, 3.8) is 0 Å². The van der Waals surface area contributed by atoms with E-state index in [4.69, 9.17) is 50.7 Å². The Kier molecular flexibility index (Phi) is 30.9. The molecule has 6 rings (SSSR count). The lowest BCUT2D eigenvalue weighted by molar-refractivity contribution is 0.146. The van der Waals surface area contributed by atoms with Crippen molar-refractivity contribution in [2.45, 2.75) is 54.0 Å². The molecule has 0 unspecified atom stereocenters. The summed E-state index contributed by atoms with van der Waals surface area (Å²) in [6.45, 7) is 35.9. The van der Waals surface area contributed by atoms with Gasteiger partial charge in [0.2, 0.25) is 11.2 Å². The van der Waals surface area contributed by atoms with Crippen molar-refractivity contribution in [1.82, 2.24) is 39.5 Å². The molecule has 0 spiro atoms. The van der Waals surface area contributed by atoms with E-state index in [2.05, 4.69) is 114 Å². The third kappa shape index (κ3) is 23.5. The number of hydrogen-bond acceptors (Lipinski definition) is 16. The Bertz CT molecular complexity index is 2830. The van der Waals surface area contributed by atoms with Crippen LogP contribution < -0.4 is 30.0 Å². The summed E-state index contributed by atoms with van der Waals surface area (Å²) >= 11 is 5.81. The standard InChI is InChI=1S/C32H43N5O3.C17H29N3O.C15H15ClN2O2/c1-7-17-36(5)23-26-22-28(12-14-31(26)40-20-18-37(9-3)10-4)34-32-33-16-15-29(35-32)25-11-13-30(38-6)27(21-25)24-39-19-8-2;1-5-10-19(4)14-15-8-9-16(18)13-17(15)21-12-11-20(6-2)7-3;1-3-8-20-10-12-9-11(4-5-14(12)19-2)13-6-7-17-15(16)18-13/h7-8,11-16,21-22H,1-2,9-10,17-20,23-24H2,3-6H3,(H,33,34,35);5,8-9,13H,1,6-7,10-12,14,18H2,2-4H3;3-7,9H,1,8,10H2,2H3. The van der Waals surface area contributed by atoms with Crippen LogP contribution in [-0.4, -0.2) is 147 Å². The Morgan fingerprint density at radius 1 is 0.556 bits per heavy atom. The average molecular weight is 1130 g/mol. The molecule has 0 saturated heterocycles. The SMILES string of the molecule is C=CCN(C)Cc1ccc(N)cc1OCCN(CC)CC.C=CCOCc1cc(-c2ccnc(Cl)n2)ccc1OC.C=CCOCc1cc(-c2ccnc(Nc3ccc(OCCN(CC)CC)c(CN(C)CC=C)c3)n2)ccc1OC. The lowest BCUT2D eigenvalue weighted by atomic mass is 10.1. The molecule has 17 heteroatoms. The van der Waals surface area contributed by atoms with Crippen molar-refractivity contribution in [3.05, 3.63) is 175 Å². The van der Waals surface area contributed by atoms with Crippen LogP contribution in [0.3, 0.4) is 0 Å². The second kappa shape index (κ2) is 37.7. The summed E-state index contributed by atoms with van der Waals surface area (Å²) in [5, 5.41) is 3.60. The fourth-order valence-electron chi connectivity index (χ4n) is 8.37. The van der Waals surface area contributed by atoms with E-state index in [0.717, 1.165) is 145 Å². The van der Waals surface area contributed by atoms with Crippen LogP contribution in [0.4, 0.5) is 17.3 Å². The van der Waals surface area contributed by atoms with Crippen LogP contribution in [-0.2, 0) is 35.8 Å². The van der Waals surface area contributed by atoms with E-state index in [1.165, 1.54) is 0 Å². The predicted octanol–water partition coefficient (Wildman–Crippen LogP) is 12.1. The number of hydrogen-bond donors (Lipinski definition) is 2. The summed E-state index contributed by atoms with van der Waals surface area (Å²) in [6, 6.07) is 27.4. The first-order valence-electron chi connectivity index (χ1n) is 27.5. The number of nitrogens with zero attached hydrogens (tertiary/aromatic N) is 8. The van der Waals surface area contributed by atoms with Gasteiger partial charge in [0.1, 0.15) is 36.2 Å². The molecule has 0 aliphatic rings. The largest absolute Gasteiger partial charge is 0.496 e. The van der Waals surface area contributed by atoms with Gasteiger partial charge >= 0.3 is 0 Å². The molecule has 0 fully saturated rings. The fraction of sp³-hybridized carbons (Fsp3) is 0.375. The van der Waals surface area contributed by atoms with Crippen LogP contribution in [0.15, 0.2) is 148 Å². The molecule has 4 aromatic carbocycles. The second-order valence-corrected chi connectivity index (χ2v) is 19.0. The van der Waals surface area contributed by atoms with E-state index in [0.29, 0.717) is 45.6 Å². The molecule has 0 aliphatic carbocycles. The van der Waals surface area contributed by atoms with Crippen molar-refractivity contribution >= 4 is 28.9 Å². The van der Waals surface area contributed by atoms with Crippen LogP contribution in [0.2, 0.25) is 5.28 Å². The molecule has 0 saturated carbocycles. The fourth-order valence-corrected chi connectivity index (χ4v) is 8.52. The molecule has 6 aromatic rings. The van der Waals surface area contributed by atoms with E-state index in [1.807, 2.05) is 91.0 Å². The second-order valence-electron chi connectivity index (χ2n) is 18.7. The minimum absolute atomic E-state index is 0.225. The number of ether oxygens (including phenoxy) is 6. The minimum atomic E-state index is 0.225. The van der Waals surface area contributed by atoms with Gasteiger partial charge in [-0.15, -0.1) is 26.3 Å². The Morgan fingerprint density at radius 3 is 1.57 bits per heavy atom. The zero-order chi connectivity index (χ0) is 58.8. The highest BCUT2D eigenvalue weighted by atomic mass is 35.5. The maximum atomic E-state index is 6.22. The quantitative estimate of drug-likeness (QED) is 0.0170. The molecule has 2 heterocycles. The van der Waals surface area contributed by atoms with Gasteiger partial charge in [0.05, 0.1) is 52.0 Å². The summed E-state index contributed by atoms with van der Waals surface area (Å²) in [4.78, 5) is 26.4. The molecular formula is C64H87ClN10O6. The number of benzene rings is 4. The van der Waals surface area contributed by atoms with Gasteiger partial charge in [-0.1, -0.05) is 58.1 Å². The highest BCUT2D eigenvalue weighted by Gasteiger charge is 2.14. The smallest absolute Gasteiger partial charge is 0.227 e. The van der Waals surface area contributed by atoms with E-state index in [9.17, 15) is 0 Å². The highest BCUT2D eigenvalue weighted by molar-refractivity contribution is 6.28. The molecule has 0 radical (unpaired) electrons. The van der Waals surface area contributed by atoms with Gasteiger partial charge < -0.3 is 49.3 Å². The monoisotopic (exact) mass is 1130 g/mol. The third-order valence-electron chi connectivity index (χ3n) is 12.7. The van der Waals surface area contributed by atoms with E-state index >= 15 is 0 Å². The number of methoxy groups -OCH3 is 2. The van der Waals surface area contributed by atoms with Crippen molar-refractivity contribution in [3.8, 4) is 45.5 Å². The van der Waals surface area contributed by atoms with Crippen molar-refractivity contribution in [2.24, 2.45) is 0 Å². The van der Waals surface area contributed by atoms with Gasteiger partial charge in [-0.2, -0.15) is 0 Å². The maximum Gasteiger partial charge on any atom is 0.227 e. The average Bonchev–Trinajstić information content (AvgIpc) is 3.48. The molecule has 3 N–H and O–H groups in total. The molecule has 0 atom stereocenters. The van der Waals surface area contributed by atoms with Gasteiger partial charge in [-0.05, 0) is 125 Å². The summed E-state index contributed by atoms with van der Waals surface area (Å²) in [7, 11) is 7.42. The van der Waals surface area contributed by atoms with Crippen LogP contribution in [0.1, 0.15) is 49.9 Å². The van der Waals surface area contributed by atoms with Gasteiger partial charge in [0, 0.05) is 102 Å². The van der Waals surface area contributed by atoms with Gasteiger partial charge in [-0.3, -0.25) is 9.80 Å². The van der Waals surface area contributed by atoms with Crippen molar-refractivity contribution in [1.29, 1.82) is 0 Å². The van der Waals surface area contributed by atoms with E-state index in [-0.39, 0.29) is 5.28 Å². The Morgan fingerprint density at radius 2 is 1.06 bits per heavy atom. The van der Waals surface area contributed by atoms with Crippen LogP contribution in [0, 0.1) is 0 Å². The number of aromatic nitrogens is 4. The van der Waals surface area contributed by atoms with Crippen LogP contribution >= 0.6 is 11.6 Å². The lowest BCUT2D eigenvalue weighted by Gasteiger charge is -2.21. The number of nitrogens with one attached hydrogen (secondary N) is 1. The topological polar surface area (TPSA) is 158 Å². The predicted molar refractivity (Wildman–Crippen MR) is 333 cm³/mol. The molecule has 436 valence electrons. The number of anilines is 3. The number of likely N-dealkylation sites (N-methyl/N-ethyl adjacent to an activating group) is 4. The normalized spacial score (nSPS) is 10.9. The summed E-state index contributed by atoms with van der Waals surface area (Å²) in [5.41, 5.74) is 15.1. The number of nitrogens with two attached hydrogens (primary N) is 1. The third-order valence-corrected chi connectivity index (χ3v) is 12.9. The maximum absolute atomic E-state index is 6.22. The van der Waals surface area contributed by atoms with E-state index in [1.54, 1.807) is 38.8 Å². The van der Waals surface area contributed by atoms with Gasteiger partial charge in [-0.25, -0.2) is 19.9 Å². The Hall–Kier alpha value is -7.15. The lowest BCUT2D eigenvalue weighted by Crippen LogP contribution is -2.28.